The zero-order valence-electron chi connectivity index (χ0n) is 41.3. The Labute approximate surface area is 393 Å². The van der Waals surface area contributed by atoms with Gasteiger partial charge in [0, 0.05) is 72.0 Å². The van der Waals surface area contributed by atoms with Crippen LogP contribution in [0.2, 0.25) is 0 Å². The second-order valence-corrected chi connectivity index (χ2v) is 24.4. The standard InChI is InChI=1S/C52H84N4O10/c1-47(2)35(55-63-25-23-53)17-21-51(7)33-15-19-49(5)31(41(33)43(61)29(27-57)45(47)51)9-11-37(49)65-39(59)13-14-40(60)66-38-12-10-32-42-34(16-20-50(32,38)6)52(8)22-18-36(56-64-26-24-54)48(3,4)46(52)30(28-58)44(42)62/h13-14,29-34,37-38,41-46,57-58,61-62H,9-12,15-28,53-54H2,1-8H3/b14-13+,55-35+,56-36+/t29?,30?,31-,32-,33+,34+,37?,38?,41-,42-,43?,44?,45?,46?,49-,50-,51+,52+/m0/s1. The van der Waals surface area contributed by atoms with Crippen LogP contribution in [0.4, 0.5) is 0 Å². The monoisotopic (exact) mass is 925 g/mol. The lowest BCUT2D eigenvalue weighted by Crippen LogP contribution is -2.66. The SMILES string of the molecule is CC1(C)/C(=N/OCCN)CC[C@@]2(C)C1C(CO)C(O)[C@@H]1[C@H]2CC[C@]2(C)C(OC(=O)/C=C/C(=O)OC3CC[C@H]4[C@@H]5C(O)C(CO)C6C(C)(C)/C(=N/OCCN)CC[C@]6(C)[C@@H]5CC[C@]34C)CC[C@@H]12. The average molecular weight is 925 g/mol. The van der Waals surface area contributed by atoms with Crippen molar-refractivity contribution in [2.45, 2.75) is 157 Å². The number of rotatable bonds is 12. The van der Waals surface area contributed by atoms with Crippen LogP contribution in [0.5, 0.6) is 0 Å². The molecule has 372 valence electrons. The van der Waals surface area contributed by atoms with Crippen molar-refractivity contribution in [1.82, 2.24) is 0 Å². The molecule has 18 atom stereocenters. The molecule has 14 heteroatoms. The number of hydrogen-bond acceptors (Lipinski definition) is 14. The van der Waals surface area contributed by atoms with Crippen LogP contribution in [0.1, 0.15) is 132 Å². The average Bonchev–Trinajstić information content (AvgIpc) is 3.78. The molecule has 8 rings (SSSR count). The lowest BCUT2D eigenvalue weighted by atomic mass is 9.38. The first kappa shape index (κ1) is 49.8. The van der Waals surface area contributed by atoms with Crippen molar-refractivity contribution in [2.75, 3.05) is 39.5 Å². The van der Waals surface area contributed by atoms with Crippen molar-refractivity contribution in [1.29, 1.82) is 0 Å². The minimum absolute atomic E-state index is 0.00719. The zero-order valence-corrected chi connectivity index (χ0v) is 41.3. The largest absolute Gasteiger partial charge is 0.459 e. The van der Waals surface area contributed by atoms with E-state index < -0.39 is 24.1 Å². The Morgan fingerprint density at radius 3 is 1.29 bits per heavy atom. The number of nitrogens with zero attached hydrogens (tertiary/aromatic N) is 2. The van der Waals surface area contributed by atoms with E-state index in [0.29, 0.717) is 39.1 Å². The van der Waals surface area contributed by atoms with Gasteiger partial charge in [-0.15, -0.1) is 0 Å². The van der Waals surface area contributed by atoms with Crippen LogP contribution in [0.15, 0.2) is 22.5 Å². The number of ether oxygens (including phenoxy) is 2. The van der Waals surface area contributed by atoms with Gasteiger partial charge < -0.3 is 51.0 Å². The molecule has 8 saturated carbocycles. The first-order chi connectivity index (χ1) is 31.2. The van der Waals surface area contributed by atoms with E-state index in [1.54, 1.807) is 0 Å². The van der Waals surface area contributed by atoms with E-state index in [4.69, 9.17) is 30.6 Å². The van der Waals surface area contributed by atoms with Gasteiger partial charge in [0.15, 0.2) is 0 Å². The second-order valence-electron chi connectivity index (χ2n) is 24.4. The Kier molecular flexibility index (Phi) is 13.8. The summed E-state index contributed by atoms with van der Waals surface area (Å²) in [5, 5.41) is 55.6. The fourth-order valence-electron chi connectivity index (χ4n) is 18.4. The molecular weight excluding hydrogens is 841 g/mol. The minimum atomic E-state index is -0.713. The van der Waals surface area contributed by atoms with Gasteiger partial charge in [0.05, 0.1) is 23.6 Å². The maximum Gasteiger partial charge on any atom is 0.331 e. The Bertz CT molecular complexity index is 1770. The fourth-order valence-corrected chi connectivity index (χ4v) is 18.4. The molecule has 14 nitrogen and oxygen atoms in total. The molecule has 0 aliphatic heterocycles. The molecule has 0 amide bonds. The molecule has 0 bridgehead atoms. The van der Waals surface area contributed by atoms with E-state index in [0.717, 1.165) is 75.6 Å². The molecule has 0 aromatic heterocycles. The van der Waals surface area contributed by atoms with Crippen molar-refractivity contribution in [3.63, 3.8) is 0 Å². The number of hydrogen-bond donors (Lipinski definition) is 6. The first-order valence-electron chi connectivity index (χ1n) is 25.7. The topological polar surface area (TPSA) is 229 Å². The Morgan fingerprint density at radius 1 is 0.576 bits per heavy atom. The smallest absolute Gasteiger partial charge is 0.331 e. The molecule has 66 heavy (non-hydrogen) atoms. The number of oxime groups is 2. The molecule has 8 aliphatic rings. The molecule has 8 aliphatic carbocycles. The highest BCUT2D eigenvalue weighted by Gasteiger charge is 2.70. The number of aliphatic hydroxyl groups is 4. The molecular formula is C52H84N4O10. The molecule has 8 N–H and O–H groups in total. The fraction of sp³-hybridized carbons (Fsp3) is 0.885. The van der Waals surface area contributed by atoms with Crippen molar-refractivity contribution in [2.24, 2.45) is 113 Å². The quantitative estimate of drug-likeness (QED) is 0.0594. The molecule has 0 heterocycles. The summed E-state index contributed by atoms with van der Waals surface area (Å²) in [7, 11) is 0. The van der Waals surface area contributed by atoms with E-state index in [-0.39, 0.29) is 117 Å². The van der Waals surface area contributed by atoms with Crippen LogP contribution < -0.4 is 11.5 Å². The van der Waals surface area contributed by atoms with Crippen molar-refractivity contribution >= 4 is 23.4 Å². The van der Waals surface area contributed by atoms with Gasteiger partial charge in [-0.05, 0) is 135 Å². The van der Waals surface area contributed by atoms with Gasteiger partial charge in [-0.1, -0.05) is 65.7 Å². The highest BCUT2D eigenvalue weighted by molar-refractivity contribution is 5.92. The third-order valence-corrected chi connectivity index (χ3v) is 21.0. The molecule has 0 spiro atoms. The number of aliphatic hydroxyl groups excluding tert-OH is 4. The van der Waals surface area contributed by atoms with E-state index >= 15 is 0 Å². The van der Waals surface area contributed by atoms with Gasteiger partial charge in [-0.2, -0.15) is 0 Å². The maximum absolute atomic E-state index is 13.6. The summed E-state index contributed by atoms with van der Waals surface area (Å²) in [5.41, 5.74) is 11.5. The van der Waals surface area contributed by atoms with E-state index in [1.165, 1.54) is 12.2 Å². The predicted molar refractivity (Wildman–Crippen MR) is 250 cm³/mol. The first-order valence-corrected chi connectivity index (χ1v) is 25.7. The maximum atomic E-state index is 13.6. The predicted octanol–water partition coefficient (Wildman–Crippen LogP) is 5.76. The van der Waals surface area contributed by atoms with Crippen LogP contribution in [-0.2, 0) is 28.7 Å². The molecule has 0 radical (unpaired) electrons. The molecule has 0 saturated heterocycles. The summed E-state index contributed by atoms with van der Waals surface area (Å²) in [6.45, 7) is 19.1. The summed E-state index contributed by atoms with van der Waals surface area (Å²) in [4.78, 5) is 38.3. The Morgan fingerprint density at radius 2 is 0.939 bits per heavy atom. The molecule has 0 aromatic rings. The Hall–Kier alpha value is -2.62. The Balaban J connectivity index is 0.910. The third kappa shape index (κ3) is 7.71. The summed E-state index contributed by atoms with van der Waals surface area (Å²) in [5.74, 6) is -1.16. The van der Waals surface area contributed by atoms with Crippen molar-refractivity contribution in [3.8, 4) is 0 Å². The summed E-state index contributed by atoms with van der Waals surface area (Å²) in [6.07, 6.45) is 10.1. The molecule has 0 aromatic carbocycles. The van der Waals surface area contributed by atoms with Gasteiger partial charge >= 0.3 is 11.9 Å². The number of nitrogens with two attached hydrogens (primary N) is 2. The van der Waals surface area contributed by atoms with Crippen LogP contribution in [0, 0.1) is 91.7 Å². The summed E-state index contributed by atoms with van der Waals surface area (Å²) >= 11 is 0. The van der Waals surface area contributed by atoms with Crippen LogP contribution in [0.3, 0.4) is 0 Å². The lowest BCUT2D eigenvalue weighted by Gasteiger charge is -2.67. The third-order valence-electron chi connectivity index (χ3n) is 21.0. The van der Waals surface area contributed by atoms with Gasteiger partial charge in [0.2, 0.25) is 0 Å². The highest BCUT2D eigenvalue weighted by Crippen LogP contribution is 2.72. The van der Waals surface area contributed by atoms with E-state index in [2.05, 4.69) is 65.7 Å². The van der Waals surface area contributed by atoms with E-state index in [9.17, 15) is 30.0 Å². The number of fused-ring (bicyclic) bond motifs is 10. The minimum Gasteiger partial charge on any atom is -0.459 e. The zero-order chi connectivity index (χ0) is 47.8. The normalized spacial score (nSPS) is 47.8. The molecule has 8 unspecified atom stereocenters. The number of carbonyl (C=O) groups excluding carboxylic acids is 2. The number of carbonyl (C=O) groups is 2. The van der Waals surface area contributed by atoms with Gasteiger partial charge in [0.1, 0.15) is 25.4 Å². The van der Waals surface area contributed by atoms with E-state index in [1.807, 2.05) is 0 Å². The number of esters is 2. The van der Waals surface area contributed by atoms with Crippen molar-refractivity contribution < 1.29 is 49.2 Å². The van der Waals surface area contributed by atoms with Crippen LogP contribution >= 0.6 is 0 Å². The van der Waals surface area contributed by atoms with Gasteiger partial charge in [0.25, 0.3) is 0 Å². The van der Waals surface area contributed by atoms with Crippen LogP contribution in [-0.4, -0.2) is 108 Å². The second kappa shape index (κ2) is 18.3. The van der Waals surface area contributed by atoms with Crippen molar-refractivity contribution in [3.05, 3.63) is 12.2 Å². The summed E-state index contributed by atoms with van der Waals surface area (Å²) < 4.78 is 12.4. The van der Waals surface area contributed by atoms with Gasteiger partial charge in [-0.3, -0.25) is 0 Å². The lowest BCUT2D eigenvalue weighted by molar-refractivity contribution is -0.215. The van der Waals surface area contributed by atoms with Gasteiger partial charge in [-0.25, -0.2) is 9.59 Å². The summed E-state index contributed by atoms with van der Waals surface area (Å²) in [6, 6.07) is 0. The molecule has 8 fully saturated rings. The highest BCUT2D eigenvalue weighted by atomic mass is 16.6. The van der Waals surface area contributed by atoms with Crippen LogP contribution in [0.25, 0.3) is 0 Å².